The number of nitrogens with two attached hydrogens (primary N) is 1. The number of anilines is 1. The van der Waals surface area contributed by atoms with Crippen LogP contribution in [0.15, 0.2) is 29.1 Å². The zero-order valence-electron chi connectivity index (χ0n) is 12.5. The van der Waals surface area contributed by atoms with E-state index in [1.807, 2.05) is 15.7 Å². The number of rotatable bonds is 5. The van der Waals surface area contributed by atoms with E-state index in [2.05, 4.69) is 30.7 Å². The van der Waals surface area contributed by atoms with Gasteiger partial charge >= 0.3 is 0 Å². The lowest BCUT2D eigenvalue weighted by Gasteiger charge is -2.23. The third-order valence-corrected chi connectivity index (χ3v) is 4.56. The number of hydrogen-bond acceptors (Lipinski definition) is 3. The third kappa shape index (κ3) is 2.97. The van der Waals surface area contributed by atoms with E-state index < -0.39 is 0 Å². The van der Waals surface area contributed by atoms with E-state index in [1.54, 1.807) is 17.4 Å². The molecule has 2 aromatic rings. The SMILES string of the molecule is CC(C)n1cc(N)cc1C(=O)N(Cc1ccsc1)C1CC1. The van der Waals surface area contributed by atoms with Crippen LogP contribution in [0, 0.1) is 0 Å². The molecule has 0 aliphatic heterocycles. The summed E-state index contributed by atoms with van der Waals surface area (Å²) in [5.41, 5.74) is 8.45. The van der Waals surface area contributed by atoms with Gasteiger partial charge in [-0.1, -0.05) is 0 Å². The van der Waals surface area contributed by atoms with E-state index in [4.69, 9.17) is 5.73 Å². The third-order valence-electron chi connectivity index (χ3n) is 3.83. The zero-order valence-corrected chi connectivity index (χ0v) is 13.3. The van der Waals surface area contributed by atoms with Gasteiger partial charge in [-0.2, -0.15) is 11.3 Å². The summed E-state index contributed by atoms with van der Waals surface area (Å²) in [6, 6.07) is 4.49. The van der Waals surface area contributed by atoms with Gasteiger partial charge in [0.1, 0.15) is 5.69 Å². The fourth-order valence-electron chi connectivity index (χ4n) is 2.58. The summed E-state index contributed by atoms with van der Waals surface area (Å²) in [4.78, 5) is 14.9. The molecule has 21 heavy (non-hydrogen) atoms. The average Bonchev–Trinajstić information content (AvgIpc) is 2.99. The molecule has 2 heterocycles. The molecule has 0 spiro atoms. The van der Waals surface area contributed by atoms with Crippen LogP contribution < -0.4 is 5.73 Å². The van der Waals surface area contributed by atoms with Crippen molar-refractivity contribution in [2.24, 2.45) is 0 Å². The number of nitrogens with zero attached hydrogens (tertiary/aromatic N) is 2. The van der Waals surface area contributed by atoms with Crippen molar-refractivity contribution in [3.63, 3.8) is 0 Å². The molecule has 0 aromatic carbocycles. The van der Waals surface area contributed by atoms with Gasteiger partial charge in [0.15, 0.2) is 0 Å². The predicted molar refractivity (Wildman–Crippen MR) is 86.4 cm³/mol. The van der Waals surface area contributed by atoms with E-state index in [1.165, 1.54) is 5.56 Å². The molecule has 1 aliphatic rings. The number of amides is 1. The van der Waals surface area contributed by atoms with Gasteiger partial charge < -0.3 is 15.2 Å². The van der Waals surface area contributed by atoms with E-state index in [0.29, 0.717) is 24.0 Å². The Morgan fingerprint density at radius 3 is 2.86 bits per heavy atom. The highest BCUT2D eigenvalue weighted by Crippen LogP contribution is 2.31. The predicted octanol–water partition coefficient (Wildman–Crippen LogP) is 3.52. The highest BCUT2D eigenvalue weighted by Gasteiger charge is 2.34. The standard InChI is InChI=1S/C16H21N3OS/c1-11(2)18-9-13(17)7-15(18)16(20)19(14-3-4-14)8-12-5-6-21-10-12/h5-7,9-11,14H,3-4,8,17H2,1-2H3. The zero-order chi connectivity index (χ0) is 15.0. The van der Waals surface area contributed by atoms with Crippen molar-refractivity contribution < 1.29 is 4.79 Å². The summed E-state index contributed by atoms with van der Waals surface area (Å²) in [5.74, 6) is 0.0918. The van der Waals surface area contributed by atoms with Crippen molar-refractivity contribution in [2.75, 3.05) is 5.73 Å². The number of aromatic nitrogens is 1. The van der Waals surface area contributed by atoms with Crippen LogP contribution in [0.3, 0.4) is 0 Å². The van der Waals surface area contributed by atoms with Crippen molar-refractivity contribution in [1.82, 2.24) is 9.47 Å². The molecule has 4 nitrogen and oxygen atoms in total. The van der Waals surface area contributed by atoms with Crippen molar-refractivity contribution in [2.45, 2.75) is 45.3 Å². The number of thiophene rings is 1. The van der Waals surface area contributed by atoms with E-state index in [9.17, 15) is 4.79 Å². The number of nitrogen functional groups attached to an aromatic ring is 1. The summed E-state index contributed by atoms with van der Waals surface area (Å²) in [5, 5.41) is 4.16. The van der Waals surface area contributed by atoms with Crippen molar-refractivity contribution >= 4 is 22.9 Å². The molecule has 1 aliphatic carbocycles. The summed E-state index contributed by atoms with van der Waals surface area (Å²) in [6.07, 6.45) is 4.06. The van der Waals surface area contributed by atoms with E-state index >= 15 is 0 Å². The minimum atomic E-state index is 0.0918. The van der Waals surface area contributed by atoms with Gasteiger partial charge in [-0.25, -0.2) is 0 Å². The van der Waals surface area contributed by atoms with Crippen LogP contribution in [0.2, 0.25) is 0 Å². The first-order chi connectivity index (χ1) is 10.1. The van der Waals surface area contributed by atoms with Crippen molar-refractivity contribution in [3.05, 3.63) is 40.3 Å². The van der Waals surface area contributed by atoms with Gasteiger partial charge in [0.05, 0.1) is 5.69 Å². The molecule has 3 rings (SSSR count). The molecule has 0 radical (unpaired) electrons. The quantitative estimate of drug-likeness (QED) is 0.919. The van der Waals surface area contributed by atoms with E-state index in [0.717, 1.165) is 12.8 Å². The molecule has 0 unspecified atom stereocenters. The second-order valence-electron chi connectivity index (χ2n) is 5.96. The van der Waals surface area contributed by atoms with Gasteiger partial charge in [-0.15, -0.1) is 0 Å². The van der Waals surface area contributed by atoms with Gasteiger partial charge in [0, 0.05) is 24.8 Å². The van der Waals surface area contributed by atoms with Crippen LogP contribution in [0.5, 0.6) is 0 Å². The summed E-state index contributed by atoms with van der Waals surface area (Å²) in [6.45, 7) is 4.82. The van der Waals surface area contributed by atoms with Crippen LogP contribution >= 0.6 is 11.3 Å². The summed E-state index contributed by atoms with van der Waals surface area (Å²) < 4.78 is 1.97. The summed E-state index contributed by atoms with van der Waals surface area (Å²) >= 11 is 1.67. The monoisotopic (exact) mass is 303 g/mol. The minimum absolute atomic E-state index is 0.0918. The molecule has 2 aromatic heterocycles. The normalized spacial score (nSPS) is 14.6. The molecule has 5 heteroatoms. The molecule has 1 fully saturated rings. The number of carbonyl (C=O) groups is 1. The van der Waals surface area contributed by atoms with Gasteiger partial charge in [0.2, 0.25) is 0 Å². The minimum Gasteiger partial charge on any atom is -0.397 e. The lowest BCUT2D eigenvalue weighted by molar-refractivity contribution is 0.0717. The molecule has 1 amide bonds. The maximum Gasteiger partial charge on any atom is 0.271 e. The number of carbonyl (C=O) groups excluding carboxylic acids is 1. The molecular weight excluding hydrogens is 282 g/mol. The largest absolute Gasteiger partial charge is 0.397 e. The van der Waals surface area contributed by atoms with Gasteiger partial charge in [-0.05, 0) is 55.1 Å². The van der Waals surface area contributed by atoms with Crippen LogP contribution in [0.4, 0.5) is 5.69 Å². The molecule has 0 saturated heterocycles. The number of hydrogen-bond donors (Lipinski definition) is 1. The van der Waals surface area contributed by atoms with Crippen LogP contribution in [0.1, 0.15) is 48.8 Å². The molecule has 112 valence electrons. The second kappa shape index (κ2) is 5.56. The maximum atomic E-state index is 12.9. The van der Waals surface area contributed by atoms with Gasteiger partial charge in [0.25, 0.3) is 5.91 Å². The Hall–Kier alpha value is -1.75. The fraction of sp³-hybridized carbons (Fsp3) is 0.438. The topological polar surface area (TPSA) is 51.3 Å². The second-order valence-corrected chi connectivity index (χ2v) is 6.74. The highest BCUT2D eigenvalue weighted by atomic mass is 32.1. The summed E-state index contributed by atoms with van der Waals surface area (Å²) in [7, 11) is 0. The molecule has 0 bridgehead atoms. The highest BCUT2D eigenvalue weighted by molar-refractivity contribution is 7.07. The lowest BCUT2D eigenvalue weighted by atomic mass is 10.2. The smallest absolute Gasteiger partial charge is 0.271 e. The molecule has 0 atom stereocenters. The lowest BCUT2D eigenvalue weighted by Crippen LogP contribution is -2.34. The fourth-order valence-corrected chi connectivity index (χ4v) is 3.24. The average molecular weight is 303 g/mol. The Kier molecular flexibility index (Phi) is 3.76. The van der Waals surface area contributed by atoms with Gasteiger partial charge in [-0.3, -0.25) is 4.79 Å². The Morgan fingerprint density at radius 2 is 2.29 bits per heavy atom. The molecular formula is C16H21N3OS. The first kappa shape index (κ1) is 14.2. The maximum absolute atomic E-state index is 12.9. The first-order valence-corrected chi connectivity index (χ1v) is 8.30. The molecule has 1 saturated carbocycles. The van der Waals surface area contributed by atoms with E-state index in [-0.39, 0.29) is 11.9 Å². The van der Waals surface area contributed by atoms with Crippen LogP contribution in [0.25, 0.3) is 0 Å². The van der Waals surface area contributed by atoms with Crippen molar-refractivity contribution in [1.29, 1.82) is 0 Å². The van der Waals surface area contributed by atoms with Crippen molar-refractivity contribution in [3.8, 4) is 0 Å². The molecule has 2 N–H and O–H groups in total. The Bertz CT molecular complexity index is 626. The Labute approximate surface area is 129 Å². The first-order valence-electron chi connectivity index (χ1n) is 7.35. The Morgan fingerprint density at radius 1 is 1.52 bits per heavy atom. The Balaban J connectivity index is 1.87. The van der Waals surface area contributed by atoms with Crippen LogP contribution in [-0.2, 0) is 6.54 Å². The van der Waals surface area contributed by atoms with Crippen LogP contribution in [-0.4, -0.2) is 21.4 Å².